The quantitative estimate of drug-likeness (QED) is 0.109. The maximum atomic E-state index is 11.0. The number of nitrogens with one attached hydrogen (secondary N) is 2. The van der Waals surface area contributed by atoms with Crippen LogP contribution in [0.15, 0.2) is 18.2 Å². The van der Waals surface area contributed by atoms with E-state index < -0.39 is 29.3 Å². The SMILES string of the molecule is Nc1ccc(NCCOCCN[C@@H]2CC(O)[C@H](O)[C@@](O)(CO)C2)c([N+](=O)[O-])c1. The van der Waals surface area contributed by atoms with E-state index in [1.54, 1.807) is 12.1 Å². The van der Waals surface area contributed by atoms with Crippen LogP contribution in [-0.4, -0.2) is 82.1 Å². The highest BCUT2D eigenvalue weighted by atomic mass is 16.6. The van der Waals surface area contributed by atoms with Gasteiger partial charge in [-0.25, -0.2) is 0 Å². The molecular weight excluding hydrogens is 372 g/mol. The van der Waals surface area contributed by atoms with Crippen molar-refractivity contribution in [2.75, 3.05) is 44.0 Å². The van der Waals surface area contributed by atoms with Gasteiger partial charge in [-0.05, 0) is 25.0 Å². The number of nitro groups is 1. The molecule has 28 heavy (non-hydrogen) atoms. The van der Waals surface area contributed by atoms with E-state index in [1.807, 2.05) is 0 Å². The standard InChI is InChI=1S/C17H28N4O7/c18-11-1-2-13(14(7-11)21(26)27)20-4-6-28-5-3-19-12-8-15(23)16(24)17(25,9-12)10-22/h1-2,7,12,15-16,19-20,22-25H,3-6,8-10,18H2/t12-,15?,16+,17+/m1/s1. The Balaban J connectivity index is 1.66. The lowest BCUT2D eigenvalue weighted by atomic mass is 9.78. The highest BCUT2D eigenvalue weighted by Gasteiger charge is 2.46. The number of rotatable bonds is 10. The molecule has 1 unspecified atom stereocenters. The van der Waals surface area contributed by atoms with Crippen molar-refractivity contribution in [1.82, 2.24) is 5.32 Å². The number of anilines is 2. The second kappa shape index (κ2) is 9.96. The minimum atomic E-state index is -1.73. The number of aliphatic hydroxyl groups is 4. The van der Waals surface area contributed by atoms with Gasteiger partial charge in [-0.1, -0.05) is 0 Å². The number of benzene rings is 1. The molecule has 0 saturated heterocycles. The summed E-state index contributed by atoms with van der Waals surface area (Å²) in [6.45, 7) is 0.831. The number of hydrogen-bond acceptors (Lipinski definition) is 10. The molecule has 0 heterocycles. The lowest BCUT2D eigenvalue weighted by molar-refractivity contribution is -0.383. The van der Waals surface area contributed by atoms with Crippen LogP contribution in [0.25, 0.3) is 0 Å². The molecule has 1 aromatic rings. The molecule has 1 aromatic carbocycles. The summed E-state index contributed by atoms with van der Waals surface area (Å²) in [4.78, 5) is 10.5. The molecule has 1 fully saturated rings. The van der Waals surface area contributed by atoms with Crippen LogP contribution < -0.4 is 16.4 Å². The molecule has 1 aliphatic rings. The third-order valence-electron chi connectivity index (χ3n) is 4.77. The van der Waals surface area contributed by atoms with E-state index in [0.29, 0.717) is 37.7 Å². The van der Waals surface area contributed by atoms with E-state index in [1.165, 1.54) is 6.07 Å². The van der Waals surface area contributed by atoms with Crippen molar-refractivity contribution in [1.29, 1.82) is 0 Å². The van der Waals surface area contributed by atoms with Crippen molar-refractivity contribution in [3.8, 4) is 0 Å². The molecule has 0 aromatic heterocycles. The molecule has 0 bridgehead atoms. The van der Waals surface area contributed by atoms with Crippen molar-refractivity contribution in [3.63, 3.8) is 0 Å². The lowest BCUT2D eigenvalue weighted by Crippen LogP contribution is -2.60. The van der Waals surface area contributed by atoms with Gasteiger partial charge in [0.15, 0.2) is 0 Å². The predicted octanol–water partition coefficient (Wildman–Crippen LogP) is -1.20. The fourth-order valence-corrected chi connectivity index (χ4v) is 3.27. The molecule has 0 radical (unpaired) electrons. The van der Waals surface area contributed by atoms with Gasteiger partial charge in [0.1, 0.15) is 17.4 Å². The number of aliphatic hydroxyl groups excluding tert-OH is 3. The Morgan fingerprint density at radius 3 is 2.71 bits per heavy atom. The summed E-state index contributed by atoms with van der Waals surface area (Å²) in [6.07, 6.45) is -2.13. The molecule has 1 saturated carbocycles. The normalized spacial score (nSPS) is 27.5. The topological polar surface area (TPSA) is 183 Å². The largest absolute Gasteiger partial charge is 0.399 e. The van der Waals surface area contributed by atoms with Crippen molar-refractivity contribution < 1.29 is 30.1 Å². The van der Waals surface area contributed by atoms with Gasteiger partial charge in [0.25, 0.3) is 5.69 Å². The number of nitrogen functional groups attached to an aromatic ring is 1. The van der Waals surface area contributed by atoms with Gasteiger partial charge in [0, 0.05) is 30.9 Å². The highest BCUT2D eigenvalue weighted by molar-refractivity contribution is 5.66. The first kappa shape index (κ1) is 22.3. The summed E-state index contributed by atoms with van der Waals surface area (Å²) in [7, 11) is 0. The number of hydrogen-bond donors (Lipinski definition) is 7. The van der Waals surface area contributed by atoms with Crippen molar-refractivity contribution in [3.05, 3.63) is 28.3 Å². The molecule has 1 aliphatic carbocycles. The molecule has 4 atom stereocenters. The van der Waals surface area contributed by atoms with Crippen LogP contribution in [0.3, 0.4) is 0 Å². The van der Waals surface area contributed by atoms with E-state index in [9.17, 15) is 30.5 Å². The molecule has 158 valence electrons. The minimum absolute atomic E-state index is 0.101. The van der Waals surface area contributed by atoms with Crippen LogP contribution in [0.1, 0.15) is 12.8 Å². The second-order valence-electron chi connectivity index (χ2n) is 6.94. The zero-order valence-corrected chi connectivity index (χ0v) is 15.5. The monoisotopic (exact) mass is 400 g/mol. The van der Waals surface area contributed by atoms with Gasteiger partial charge < -0.3 is 41.5 Å². The minimum Gasteiger partial charge on any atom is -0.399 e. The average molecular weight is 400 g/mol. The maximum Gasteiger partial charge on any atom is 0.294 e. The van der Waals surface area contributed by atoms with Crippen LogP contribution in [-0.2, 0) is 4.74 Å². The van der Waals surface area contributed by atoms with Crippen molar-refractivity contribution in [2.24, 2.45) is 0 Å². The Morgan fingerprint density at radius 2 is 2.04 bits per heavy atom. The molecule has 11 nitrogen and oxygen atoms in total. The van der Waals surface area contributed by atoms with Crippen LogP contribution >= 0.6 is 0 Å². The first-order valence-electron chi connectivity index (χ1n) is 9.05. The third-order valence-corrected chi connectivity index (χ3v) is 4.77. The van der Waals surface area contributed by atoms with Gasteiger partial charge in [0.2, 0.25) is 0 Å². The Morgan fingerprint density at radius 1 is 1.32 bits per heavy atom. The molecule has 0 spiro atoms. The lowest BCUT2D eigenvalue weighted by Gasteiger charge is -2.42. The van der Waals surface area contributed by atoms with Gasteiger partial charge in [-0.3, -0.25) is 10.1 Å². The van der Waals surface area contributed by atoms with Gasteiger partial charge >= 0.3 is 0 Å². The smallest absolute Gasteiger partial charge is 0.294 e. The second-order valence-corrected chi connectivity index (χ2v) is 6.94. The van der Waals surface area contributed by atoms with Crippen LogP contribution in [0, 0.1) is 10.1 Å². The van der Waals surface area contributed by atoms with Gasteiger partial charge in [-0.15, -0.1) is 0 Å². The molecule has 11 heteroatoms. The average Bonchev–Trinajstić information content (AvgIpc) is 2.66. The zero-order valence-electron chi connectivity index (χ0n) is 15.5. The van der Waals surface area contributed by atoms with Crippen LogP contribution in [0.2, 0.25) is 0 Å². The Hall–Kier alpha value is -2.02. The summed E-state index contributed by atoms with van der Waals surface area (Å²) in [5, 5.41) is 56.1. The van der Waals surface area contributed by atoms with Gasteiger partial charge in [0.05, 0.1) is 30.8 Å². The fourth-order valence-electron chi connectivity index (χ4n) is 3.27. The summed E-state index contributed by atoms with van der Waals surface area (Å²) < 4.78 is 5.45. The van der Waals surface area contributed by atoms with Crippen LogP contribution in [0.5, 0.6) is 0 Å². The molecule has 0 aliphatic heterocycles. The number of ether oxygens (including phenoxy) is 1. The van der Waals surface area contributed by atoms with E-state index in [4.69, 9.17) is 10.5 Å². The number of nitrogens with zero attached hydrogens (tertiary/aromatic N) is 1. The fraction of sp³-hybridized carbons (Fsp3) is 0.647. The first-order valence-corrected chi connectivity index (χ1v) is 9.05. The summed E-state index contributed by atoms with van der Waals surface area (Å²) in [5.41, 5.74) is 4.40. The number of nitro benzene ring substituents is 1. The third kappa shape index (κ3) is 5.74. The molecule has 8 N–H and O–H groups in total. The van der Waals surface area contributed by atoms with E-state index in [0.717, 1.165) is 0 Å². The van der Waals surface area contributed by atoms with E-state index in [2.05, 4.69) is 10.6 Å². The van der Waals surface area contributed by atoms with Crippen molar-refractivity contribution in [2.45, 2.75) is 36.7 Å². The molecular formula is C17H28N4O7. The summed E-state index contributed by atoms with van der Waals surface area (Å²) >= 11 is 0. The Bertz CT molecular complexity index is 662. The van der Waals surface area contributed by atoms with Crippen molar-refractivity contribution >= 4 is 17.1 Å². The van der Waals surface area contributed by atoms with Crippen LogP contribution in [0.4, 0.5) is 17.1 Å². The Labute approximate surface area is 162 Å². The molecule has 2 rings (SSSR count). The summed E-state index contributed by atoms with van der Waals surface area (Å²) in [6, 6.07) is 4.13. The number of nitrogens with two attached hydrogens (primary N) is 1. The molecule has 0 amide bonds. The Kier molecular flexibility index (Phi) is 7.92. The summed E-state index contributed by atoms with van der Waals surface area (Å²) in [5.74, 6) is 0. The highest BCUT2D eigenvalue weighted by Crippen LogP contribution is 2.29. The van der Waals surface area contributed by atoms with Gasteiger partial charge in [-0.2, -0.15) is 0 Å². The predicted molar refractivity (Wildman–Crippen MR) is 102 cm³/mol. The van der Waals surface area contributed by atoms with E-state index >= 15 is 0 Å². The first-order chi connectivity index (χ1) is 13.3. The van der Waals surface area contributed by atoms with E-state index in [-0.39, 0.29) is 24.6 Å². The zero-order chi connectivity index (χ0) is 20.7. The maximum absolute atomic E-state index is 11.0.